The standard InChI is InChI=1S/C22H30N2O/c23-19-8-6-16(7-9-19)20(25)24-22-12-15-10-18(22)13-21(11-15,14-22)17-4-2-1-3-5-17/h1-5,15-16,18-19H,6-14,23H2,(H,24,25). The number of rotatable bonds is 3. The molecule has 1 amide bonds. The first-order valence-corrected chi connectivity index (χ1v) is 10.2. The molecule has 3 N–H and O–H groups in total. The maximum atomic E-state index is 13.0. The van der Waals surface area contributed by atoms with Crippen molar-refractivity contribution >= 4 is 5.91 Å². The van der Waals surface area contributed by atoms with Crippen LogP contribution >= 0.6 is 0 Å². The quantitative estimate of drug-likeness (QED) is 0.886. The topological polar surface area (TPSA) is 55.1 Å². The fraction of sp³-hybridized carbons (Fsp3) is 0.682. The Labute approximate surface area is 150 Å². The van der Waals surface area contributed by atoms with Crippen LogP contribution < -0.4 is 11.1 Å². The Morgan fingerprint density at radius 2 is 1.80 bits per heavy atom. The summed E-state index contributed by atoms with van der Waals surface area (Å²) < 4.78 is 0. The molecule has 134 valence electrons. The maximum absolute atomic E-state index is 13.0. The largest absolute Gasteiger partial charge is 0.350 e. The second-order valence-corrected chi connectivity index (χ2v) is 9.49. The number of carbonyl (C=O) groups is 1. The smallest absolute Gasteiger partial charge is 0.223 e. The van der Waals surface area contributed by atoms with Crippen molar-refractivity contribution in [2.75, 3.05) is 0 Å². The van der Waals surface area contributed by atoms with Crippen LogP contribution in [0, 0.1) is 17.8 Å². The molecule has 4 unspecified atom stereocenters. The molecule has 0 heterocycles. The van der Waals surface area contributed by atoms with Gasteiger partial charge in [-0.05, 0) is 80.6 Å². The van der Waals surface area contributed by atoms with Gasteiger partial charge in [0.2, 0.25) is 5.91 Å². The predicted octanol–water partition coefficient (Wildman–Crippen LogP) is 3.52. The molecule has 4 bridgehead atoms. The number of hydrogen-bond donors (Lipinski definition) is 2. The molecule has 0 radical (unpaired) electrons. The molecule has 0 aromatic heterocycles. The zero-order valence-electron chi connectivity index (χ0n) is 15.0. The van der Waals surface area contributed by atoms with Gasteiger partial charge in [-0.15, -0.1) is 0 Å². The summed E-state index contributed by atoms with van der Waals surface area (Å²) in [6, 6.07) is 11.4. The van der Waals surface area contributed by atoms with Crippen LogP contribution in [0.15, 0.2) is 30.3 Å². The monoisotopic (exact) mass is 338 g/mol. The van der Waals surface area contributed by atoms with Crippen molar-refractivity contribution < 1.29 is 4.79 Å². The normalized spacial score (nSPS) is 44.8. The van der Waals surface area contributed by atoms with Crippen molar-refractivity contribution in [3.63, 3.8) is 0 Å². The minimum Gasteiger partial charge on any atom is -0.350 e. The molecular formula is C22H30N2O. The molecule has 1 aromatic rings. The molecule has 3 nitrogen and oxygen atoms in total. The molecule has 3 heteroatoms. The SMILES string of the molecule is NC1CCC(C(=O)NC23CC4CC2CC(c2ccccc2)(C4)C3)CC1. The molecule has 0 saturated heterocycles. The molecule has 5 aliphatic rings. The fourth-order valence-electron chi connectivity index (χ4n) is 6.96. The Morgan fingerprint density at radius 3 is 2.56 bits per heavy atom. The van der Waals surface area contributed by atoms with E-state index in [-0.39, 0.29) is 11.5 Å². The summed E-state index contributed by atoms with van der Waals surface area (Å²) in [4.78, 5) is 13.0. The number of nitrogens with one attached hydrogen (secondary N) is 1. The Bertz CT molecular complexity index is 666. The van der Waals surface area contributed by atoms with Gasteiger partial charge in [-0.2, -0.15) is 0 Å². The highest BCUT2D eigenvalue weighted by Gasteiger charge is 2.64. The average Bonchev–Trinajstić information content (AvgIpc) is 2.98. The summed E-state index contributed by atoms with van der Waals surface area (Å²) in [6.45, 7) is 0. The lowest BCUT2D eigenvalue weighted by atomic mass is 9.65. The summed E-state index contributed by atoms with van der Waals surface area (Å²) >= 11 is 0. The van der Waals surface area contributed by atoms with Crippen LogP contribution in [0.3, 0.4) is 0 Å². The Morgan fingerprint density at radius 1 is 1.04 bits per heavy atom. The Kier molecular flexibility index (Phi) is 3.54. The van der Waals surface area contributed by atoms with Crippen molar-refractivity contribution in [3.8, 4) is 0 Å². The zero-order valence-corrected chi connectivity index (χ0v) is 15.0. The van der Waals surface area contributed by atoms with Crippen LogP contribution in [0.1, 0.15) is 63.4 Å². The Balaban J connectivity index is 1.37. The van der Waals surface area contributed by atoms with Crippen molar-refractivity contribution in [3.05, 3.63) is 35.9 Å². The third-order valence-corrected chi connectivity index (χ3v) is 7.92. The molecular weight excluding hydrogens is 308 g/mol. The van der Waals surface area contributed by atoms with E-state index in [9.17, 15) is 4.79 Å². The highest BCUT2D eigenvalue weighted by atomic mass is 16.2. The highest BCUT2D eigenvalue weighted by Crippen LogP contribution is 2.66. The van der Waals surface area contributed by atoms with Gasteiger partial charge >= 0.3 is 0 Å². The van der Waals surface area contributed by atoms with Gasteiger partial charge in [0.15, 0.2) is 0 Å². The molecule has 1 aromatic carbocycles. The summed E-state index contributed by atoms with van der Waals surface area (Å²) in [6.07, 6.45) is 10.2. The van der Waals surface area contributed by atoms with Crippen LogP contribution in [0.4, 0.5) is 0 Å². The van der Waals surface area contributed by atoms with Crippen LogP contribution in [0.2, 0.25) is 0 Å². The summed E-state index contributed by atoms with van der Waals surface area (Å²) in [5.74, 6) is 2.00. The summed E-state index contributed by atoms with van der Waals surface area (Å²) in [7, 11) is 0. The van der Waals surface area contributed by atoms with E-state index in [0.29, 0.717) is 23.3 Å². The van der Waals surface area contributed by atoms with Gasteiger partial charge in [-0.1, -0.05) is 30.3 Å². The van der Waals surface area contributed by atoms with Crippen LogP contribution in [0.5, 0.6) is 0 Å². The van der Waals surface area contributed by atoms with Crippen LogP contribution in [0.25, 0.3) is 0 Å². The van der Waals surface area contributed by atoms with Crippen molar-refractivity contribution in [2.24, 2.45) is 23.5 Å². The maximum Gasteiger partial charge on any atom is 0.223 e. The lowest BCUT2D eigenvalue weighted by Crippen LogP contribution is -2.53. The van der Waals surface area contributed by atoms with Crippen LogP contribution in [-0.2, 0) is 10.2 Å². The third kappa shape index (κ3) is 2.46. The lowest BCUT2D eigenvalue weighted by molar-refractivity contribution is -0.128. The van der Waals surface area contributed by atoms with Gasteiger partial charge in [-0.3, -0.25) is 4.79 Å². The minimum atomic E-state index is 0.0788. The predicted molar refractivity (Wildman–Crippen MR) is 99.0 cm³/mol. The number of benzene rings is 1. The van der Waals surface area contributed by atoms with E-state index in [4.69, 9.17) is 5.73 Å². The summed E-state index contributed by atoms with van der Waals surface area (Å²) in [5, 5.41) is 3.61. The van der Waals surface area contributed by atoms with Crippen LogP contribution in [-0.4, -0.2) is 17.5 Å². The first kappa shape index (κ1) is 15.9. The second-order valence-electron chi connectivity index (χ2n) is 9.49. The Hall–Kier alpha value is -1.35. The molecule has 0 spiro atoms. The highest BCUT2D eigenvalue weighted by molar-refractivity contribution is 5.80. The molecule has 4 atom stereocenters. The van der Waals surface area contributed by atoms with E-state index in [2.05, 4.69) is 35.6 Å². The van der Waals surface area contributed by atoms with E-state index < -0.39 is 0 Å². The first-order valence-electron chi connectivity index (χ1n) is 10.2. The molecule has 6 rings (SSSR count). The van der Waals surface area contributed by atoms with E-state index in [1.54, 1.807) is 0 Å². The fourth-order valence-corrected chi connectivity index (χ4v) is 6.96. The number of nitrogens with two attached hydrogens (primary N) is 1. The molecule has 5 fully saturated rings. The number of amides is 1. The van der Waals surface area contributed by atoms with Gasteiger partial charge in [0.05, 0.1) is 0 Å². The second kappa shape index (κ2) is 5.57. The molecule has 25 heavy (non-hydrogen) atoms. The first-order chi connectivity index (χ1) is 12.1. The van der Waals surface area contributed by atoms with E-state index in [1.165, 1.54) is 31.2 Å². The number of carbonyl (C=O) groups excluding carboxylic acids is 1. The van der Waals surface area contributed by atoms with Gasteiger partial charge in [-0.25, -0.2) is 0 Å². The third-order valence-electron chi connectivity index (χ3n) is 7.92. The van der Waals surface area contributed by atoms with E-state index in [1.807, 2.05) is 0 Å². The number of hydrogen-bond acceptors (Lipinski definition) is 2. The van der Waals surface area contributed by atoms with E-state index in [0.717, 1.165) is 38.0 Å². The molecule has 5 saturated carbocycles. The minimum absolute atomic E-state index is 0.0788. The van der Waals surface area contributed by atoms with Crippen molar-refractivity contribution in [1.29, 1.82) is 0 Å². The van der Waals surface area contributed by atoms with Gasteiger partial charge in [0.1, 0.15) is 0 Å². The van der Waals surface area contributed by atoms with Gasteiger partial charge in [0, 0.05) is 17.5 Å². The zero-order chi connectivity index (χ0) is 17.1. The molecule has 5 aliphatic carbocycles. The van der Waals surface area contributed by atoms with Crippen molar-refractivity contribution in [2.45, 2.75) is 74.8 Å². The van der Waals surface area contributed by atoms with Gasteiger partial charge in [0.25, 0.3) is 0 Å². The average molecular weight is 338 g/mol. The molecule has 0 aliphatic heterocycles. The van der Waals surface area contributed by atoms with Gasteiger partial charge < -0.3 is 11.1 Å². The van der Waals surface area contributed by atoms with Crippen molar-refractivity contribution in [1.82, 2.24) is 5.32 Å². The van der Waals surface area contributed by atoms with E-state index >= 15 is 0 Å². The summed E-state index contributed by atoms with van der Waals surface area (Å²) in [5.41, 5.74) is 7.92. The lowest BCUT2D eigenvalue weighted by Gasteiger charge is -2.42.